The molecule has 0 bridgehead atoms. The summed E-state index contributed by atoms with van der Waals surface area (Å²) in [5.74, 6) is -1.20. The number of carboxylic acid groups (broad SMARTS) is 1. The zero-order chi connectivity index (χ0) is 33.3. The average Bonchev–Trinajstić information content (AvgIpc) is 3.12. The van der Waals surface area contributed by atoms with Crippen molar-refractivity contribution in [1.29, 1.82) is 0 Å². The monoisotopic (exact) mass is 638 g/mol. The van der Waals surface area contributed by atoms with Crippen molar-refractivity contribution in [2.75, 3.05) is 21.3 Å². The van der Waals surface area contributed by atoms with E-state index in [0.29, 0.717) is 6.61 Å². The summed E-state index contributed by atoms with van der Waals surface area (Å²) in [5.41, 5.74) is 5.81. The van der Waals surface area contributed by atoms with Gasteiger partial charge in [0.15, 0.2) is 11.5 Å². The third kappa shape index (κ3) is 7.71. The predicted molar refractivity (Wildman–Crippen MR) is 174 cm³/mol. The highest BCUT2D eigenvalue weighted by molar-refractivity contribution is 6.43. The van der Waals surface area contributed by atoms with Gasteiger partial charge in [0.25, 0.3) is 11.7 Å². The highest BCUT2D eigenvalue weighted by Crippen LogP contribution is 2.38. The second-order valence-corrected chi connectivity index (χ2v) is 11.3. The number of benzene rings is 3. The van der Waals surface area contributed by atoms with Gasteiger partial charge in [0.05, 0.1) is 21.3 Å². The first kappa shape index (κ1) is 33.0. The first-order chi connectivity index (χ1) is 22.8. The molecule has 10 nitrogen and oxygen atoms in total. The number of methoxy groups -OCH3 is 3. The average molecular weight is 639 g/mol. The Labute approximate surface area is 273 Å². The maximum atomic E-state index is 13.0. The minimum absolute atomic E-state index is 0.0208. The number of carboxylic acids is 1. The molecule has 1 amide bonds. The van der Waals surface area contributed by atoms with Crippen molar-refractivity contribution in [3.05, 3.63) is 113 Å². The Hall–Kier alpha value is -5.38. The Bertz CT molecular complexity index is 1710. The Morgan fingerprint density at radius 2 is 1.47 bits per heavy atom. The number of amides is 1. The number of Topliss-reactive ketones (excluding diaryl/α,β-unsaturated/α-hetero) is 1. The van der Waals surface area contributed by atoms with E-state index >= 15 is 0 Å². The molecule has 1 atom stereocenters. The first-order valence-corrected chi connectivity index (χ1v) is 15.4. The van der Waals surface area contributed by atoms with Crippen LogP contribution in [0, 0.1) is 0 Å². The summed E-state index contributed by atoms with van der Waals surface area (Å²) in [5, 5.41) is 9.61. The number of hydrogen-bond acceptors (Lipinski definition) is 8. The van der Waals surface area contributed by atoms with Gasteiger partial charge in [-0.15, -0.1) is 0 Å². The van der Waals surface area contributed by atoms with Crippen LogP contribution in [-0.4, -0.2) is 60.0 Å². The molecule has 1 aliphatic heterocycles. The van der Waals surface area contributed by atoms with E-state index in [9.17, 15) is 19.5 Å². The fraction of sp³-hybridized carbons (Fsp3) is 0.297. The van der Waals surface area contributed by atoms with Gasteiger partial charge in [-0.1, -0.05) is 30.3 Å². The summed E-state index contributed by atoms with van der Waals surface area (Å²) in [6.45, 7) is 0.656. The smallest absolute Gasteiger partial charge is 0.326 e. The Kier molecular flexibility index (Phi) is 10.7. The number of nitrogens with zero attached hydrogens (tertiary/aromatic N) is 2. The van der Waals surface area contributed by atoms with Gasteiger partial charge in [0, 0.05) is 30.9 Å². The molecule has 0 radical (unpaired) electrons. The van der Waals surface area contributed by atoms with Crippen LogP contribution in [0.3, 0.4) is 0 Å². The van der Waals surface area contributed by atoms with Crippen LogP contribution in [0.5, 0.6) is 23.0 Å². The highest BCUT2D eigenvalue weighted by atomic mass is 16.5. The molecule has 10 heteroatoms. The highest BCUT2D eigenvalue weighted by Gasteiger charge is 2.37. The van der Waals surface area contributed by atoms with Gasteiger partial charge in [-0.25, -0.2) is 4.79 Å². The zero-order valence-electron chi connectivity index (χ0n) is 26.7. The third-order valence-electron chi connectivity index (χ3n) is 8.39. The van der Waals surface area contributed by atoms with Crippen LogP contribution in [0.2, 0.25) is 0 Å². The normalized spacial score (nSPS) is 14.8. The Morgan fingerprint density at radius 1 is 0.809 bits per heavy atom. The number of aryl methyl sites for hydroxylation is 2. The topological polar surface area (TPSA) is 124 Å². The standard InChI is InChI=1S/C21H21NO7.C16H17NO/c1-27-16-9-14(10-17(28-2)19(16)29-3)18(23)20(24)22-11-13-7-5-4-6-12(13)8-15(22)21(25)26;1-2-4-15-11-16(6-5-14(15)3-1)18-12-13-7-9-17-10-8-13/h4-7,9-10,15H,8,11H2,1-3H3,(H,25,26);5-11H,1-4,12H2. The van der Waals surface area contributed by atoms with Crippen LogP contribution in [-0.2, 0) is 42.0 Å². The molecule has 3 aromatic carbocycles. The second kappa shape index (κ2) is 15.3. The van der Waals surface area contributed by atoms with Crippen molar-refractivity contribution in [3.8, 4) is 23.0 Å². The van der Waals surface area contributed by atoms with Crippen LogP contribution in [0.4, 0.5) is 0 Å². The number of fused-ring (bicyclic) bond motifs is 2. The first-order valence-electron chi connectivity index (χ1n) is 15.4. The molecule has 1 aromatic heterocycles. The number of hydrogen-bond donors (Lipinski definition) is 1. The lowest BCUT2D eigenvalue weighted by Crippen LogP contribution is -2.50. The molecule has 0 fully saturated rings. The van der Waals surface area contributed by atoms with Gasteiger partial charge in [0.2, 0.25) is 5.75 Å². The molecule has 2 aliphatic rings. The molecule has 244 valence electrons. The molecule has 6 rings (SSSR count). The van der Waals surface area contributed by atoms with E-state index in [1.54, 1.807) is 12.4 Å². The second-order valence-electron chi connectivity index (χ2n) is 11.3. The molecule has 1 unspecified atom stereocenters. The van der Waals surface area contributed by atoms with E-state index in [1.165, 1.54) is 70.3 Å². The lowest BCUT2D eigenvalue weighted by atomic mass is 9.92. The van der Waals surface area contributed by atoms with Gasteiger partial charge in [-0.2, -0.15) is 0 Å². The van der Waals surface area contributed by atoms with Gasteiger partial charge in [-0.05, 0) is 89.9 Å². The van der Waals surface area contributed by atoms with Crippen LogP contribution in [0.25, 0.3) is 0 Å². The summed E-state index contributed by atoms with van der Waals surface area (Å²) < 4.78 is 21.5. The van der Waals surface area contributed by atoms with E-state index < -0.39 is 23.7 Å². The number of aromatic nitrogens is 1. The fourth-order valence-electron chi connectivity index (χ4n) is 5.87. The molecule has 0 spiro atoms. The molecule has 0 saturated heterocycles. The number of pyridine rings is 1. The molecular formula is C37H38N2O8. The van der Waals surface area contributed by atoms with Crippen molar-refractivity contribution in [2.45, 2.75) is 51.3 Å². The van der Waals surface area contributed by atoms with Crippen LogP contribution in [0.15, 0.2) is 79.1 Å². The lowest BCUT2D eigenvalue weighted by Gasteiger charge is -2.34. The molecule has 4 aromatic rings. The lowest BCUT2D eigenvalue weighted by molar-refractivity contribution is -0.149. The quantitative estimate of drug-likeness (QED) is 0.188. The molecule has 2 heterocycles. The van der Waals surface area contributed by atoms with Crippen molar-refractivity contribution < 1.29 is 38.4 Å². The van der Waals surface area contributed by atoms with Crippen LogP contribution < -0.4 is 18.9 Å². The maximum Gasteiger partial charge on any atom is 0.326 e. The molecule has 1 N–H and O–H groups in total. The summed E-state index contributed by atoms with van der Waals surface area (Å²) in [6.07, 6.45) is 8.78. The van der Waals surface area contributed by atoms with Gasteiger partial charge < -0.3 is 29.0 Å². The molecular weight excluding hydrogens is 600 g/mol. The van der Waals surface area contributed by atoms with E-state index in [-0.39, 0.29) is 35.8 Å². The minimum atomic E-state index is -1.16. The Morgan fingerprint density at radius 3 is 2.11 bits per heavy atom. The third-order valence-corrected chi connectivity index (χ3v) is 8.39. The summed E-state index contributed by atoms with van der Waals surface area (Å²) in [6, 6.07) is 19.4. The zero-order valence-corrected chi connectivity index (χ0v) is 26.7. The number of aliphatic carboxylic acids is 1. The summed E-state index contributed by atoms with van der Waals surface area (Å²) in [4.78, 5) is 42.8. The molecule has 47 heavy (non-hydrogen) atoms. The SMILES string of the molecule is COc1cc(C(=O)C(=O)N2Cc3ccccc3CC2C(=O)O)cc(OC)c1OC.c1cc(COc2ccc3c(c2)CCCC3)ccn1. The predicted octanol–water partition coefficient (Wildman–Crippen LogP) is 5.47. The van der Waals surface area contributed by atoms with E-state index in [1.807, 2.05) is 36.4 Å². The number of rotatable bonds is 9. The molecule has 0 saturated carbocycles. The number of ketones is 1. The number of ether oxygens (including phenoxy) is 4. The number of carbonyl (C=O) groups is 3. The van der Waals surface area contributed by atoms with E-state index in [2.05, 4.69) is 23.2 Å². The maximum absolute atomic E-state index is 13.0. The van der Waals surface area contributed by atoms with Crippen molar-refractivity contribution >= 4 is 17.7 Å². The van der Waals surface area contributed by atoms with Crippen LogP contribution in [0.1, 0.15) is 51.0 Å². The summed E-state index contributed by atoms with van der Waals surface area (Å²) in [7, 11) is 4.22. The number of carbonyl (C=O) groups excluding carboxylic acids is 2. The van der Waals surface area contributed by atoms with E-state index in [0.717, 1.165) is 27.3 Å². The van der Waals surface area contributed by atoms with Crippen LogP contribution >= 0.6 is 0 Å². The van der Waals surface area contributed by atoms with Gasteiger partial charge in [-0.3, -0.25) is 14.6 Å². The Balaban J connectivity index is 0.000000205. The van der Waals surface area contributed by atoms with Crippen molar-refractivity contribution in [3.63, 3.8) is 0 Å². The minimum Gasteiger partial charge on any atom is -0.493 e. The van der Waals surface area contributed by atoms with Gasteiger partial charge >= 0.3 is 5.97 Å². The van der Waals surface area contributed by atoms with Crippen molar-refractivity contribution in [2.24, 2.45) is 0 Å². The van der Waals surface area contributed by atoms with E-state index in [4.69, 9.17) is 18.9 Å². The fourth-order valence-corrected chi connectivity index (χ4v) is 5.87. The summed E-state index contributed by atoms with van der Waals surface area (Å²) >= 11 is 0. The largest absolute Gasteiger partial charge is 0.493 e. The van der Waals surface area contributed by atoms with Gasteiger partial charge in [0.1, 0.15) is 18.4 Å². The van der Waals surface area contributed by atoms with Crippen molar-refractivity contribution in [1.82, 2.24) is 9.88 Å². The molecule has 1 aliphatic carbocycles.